The number of methoxy groups -OCH3 is 2. The molecule has 9 atom stereocenters. The zero-order valence-corrected chi connectivity index (χ0v) is 46.5. The highest BCUT2D eigenvalue weighted by Crippen LogP contribution is 2.54. The first-order chi connectivity index (χ1) is 39.1. The van der Waals surface area contributed by atoms with E-state index in [-0.39, 0.29) is 58.9 Å². The van der Waals surface area contributed by atoms with Crippen LogP contribution in [0.1, 0.15) is 123 Å². The van der Waals surface area contributed by atoms with Crippen LogP contribution in [0, 0.1) is 17.8 Å². The lowest BCUT2D eigenvalue weighted by Crippen LogP contribution is -2.55. The summed E-state index contributed by atoms with van der Waals surface area (Å²) in [4.78, 5) is 85.1. The Labute approximate surface area is 471 Å². The van der Waals surface area contributed by atoms with E-state index in [1.165, 1.54) is 32.4 Å². The molecule has 1 amide bonds. The van der Waals surface area contributed by atoms with Gasteiger partial charge in [0.1, 0.15) is 47.2 Å². The second kappa shape index (κ2) is 20.7. The van der Waals surface area contributed by atoms with E-state index in [1.807, 2.05) is 45.9 Å². The average Bonchev–Trinajstić information content (AvgIpc) is 2.90. The van der Waals surface area contributed by atoms with Crippen molar-refractivity contribution in [3.8, 4) is 17.2 Å². The molecule has 0 saturated carbocycles. The molecule has 426 valence electrons. The number of phenolic OH excluding ortho intramolecular Hbond substituents is 2. The summed E-state index contributed by atoms with van der Waals surface area (Å²) in [5.41, 5.74) is 5.92. The Morgan fingerprint density at radius 3 is 2.35 bits per heavy atom. The van der Waals surface area contributed by atoms with E-state index < -0.39 is 119 Å². The van der Waals surface area contributed by atoms with Crippen LogP contribution < -0.4 is 15.4 Å². The van der Waals surface area contributed by atoms with Crippen molar-refractivity contribution in [2.45, 2.75) is 116 Å². The topological polar surface area (TPSA) is 305 Å². The number of aromatic hydroxyl groups is 2. The van der Waals surface area contributed by atoms with Gasteiger partial charge >= 0.3 is 5.97 Å². The van der Waals surface area contributed by atoms with E-state index in [0.717, 1.165) is 33.7 Å². The van der Waals surface area contributed by atoms with Gasteiger partial charge in [-0.15, -0.1) is 0 Å². The van der Waals surface area contributed by atoms with Crippen LogP contribution in [0.4, 0.5) is 0 Å². The zero-order chi connectivity index (χ0) is 58.7. The molecule has 20 nitrogen and oxygen atoms in total. The molecule has 82 heavy (non-hydrogen) atoms. The van der Waals surface area contributed by atoms with Gasteiger partial charge in [0, 0.05) is 82.3 Å². The maximum Gasteiger partial charge on any atom is 0.321 e. The van der Waals surface area contributed by atoms with Crippen molar-refractivity contribution in [3.63, 3.8) is 0 Å². The number of nitrogens with zero attached hydrogens (tertiary/aromatic N) is 3. The molecule has 6 heterocycles. The van der Waals surface area contributed by atoms with Gasteiger partial charge in [-0.25, -0.2) is 15.0 Å². The second-order valence-electron chi connectivity index (χ2n) is 22.1. The van der Waals surface area contributed by atoms with Gasteiger partial charge in [0.15, 0.2) is 17.9 Å². The average molecular weight is 1120 g/mol. The van der Waals surface area contributed by atoms with Crippen molar-refractivity contribution >= 4 is 46.4 Å². The molecule has 0 aromatic heterocycles. The summed E-state index contributed by atoms with van der Waals surface area (Å²) in [6.45, 7) is 14.4. The van der Waals surface area contributed by atoms with Crippen LogP contribution >= 0.6 is 0 Å². The zero-order valence-electron chi connectivity index (χ0n) is 46.5. The minimum absolute atomic E-state index is 0.0400. The summed E-state index contributed by atoms with van der Waals surface area (Å²) < 4.78 is 23.3. The lowest BCUT2D eigenvalue weighted by atomic mass is 9.72. The van der Waals surface area contributed by atoms with Crippen LogP contribution in [0.3, 0.4) is 0 Å². The Morgan fingerprint density at radius 2 is 1.66 bits per heavy atom. The van der Waals surface area contributed by atoms with Crippen LogP contribution in [-0.4, -0.2) is 128 Å². The fraction of sp³-hybridized carbons (Fsp3) is 0.387. The van der Waals surface area contributed by atoms with Crippen molar-refractivity contribution in [2.24, 2.45) is 32.7 Å². The quantitative estimate of drug-likeness (QED) is 0.0740. The second-order valence-corrected chi connectivity index (χ2v) is 22.1. The molecule has 11 rings (SSSR count). The molecule has 2 aromatic carbocycles. The Kier molecular flexibility index (Phi) is 14.1. The number of aliphatic hydroxyl groups excluding tert-OH is 3. The molecular weight excluding hydrogens is 1050 g/mol. The predicted octanol–water partition coefficient (Wildman–Crippen LogP) is 6.20. The molecule has 2 aromatic rings. The largest absolute Gasteiger partial charge is 0.510 e. The number of amides is 1. The highest BCUT2D eigenvalue weighted by Gasteiger charge is 2.52. The number of fused-ring (bicyclic) bond motifs is 8. The van der Waals surface area contributed by atoms with Gasteiger partial charge in [-0.3, -0.25) is 24.0 Å². The monoisotopic (exact) mass is 1120 g/mol. The summed E-state index contributed by atoms with van der Waals surface area (Å²) in [5, 5.41) is 76.0. The van der Waals surface area contributed by atoms with Crippen LogP contribution in [0.25, 0.3) is 0 Å². The lowest BCUT2D eigenvalue weighted by Gasteiger charge is -2.43. The molecule has 0 spiro atoms. The fourth-order valence-electron chi connectivity index (χ4n) is 13.2. The van der Waals surface area contributed by atoms with E-state index in [0.29, 0.717) is 57.4 Å². The first-order valence-corrected chi connectivity index (χ1v) is 27.3. The molecule has 9 aliphatic rings. The van der Waals surface area contributed by atoms with Crippen molar-refractivity contribution in [2.75, 3.05) is 20.8 Å². The van der Waals surface area contributed by atoms with Crippen LogP contribution in [0.5, 0.6) is 17.2 Å². The van der Waals surface area contributed by atoms with E-state index in [4.69, 9.17) is 33.9 Å². The summed E-state index contributed by atoms with van der Waals surface area (Å²) in [6, 6.07) is 3.27. The first-order valence-electron chi connectivity index (χ1n) is 27.3. The molecule has 1 unspecified atom stereocenters. The Hall–Kier alpha value is -8.14. The summed E-state index contributed by atoms with van der Waals surface area (Å²) in [6.07, 6.45) is 1.60. The Morgan fingerprint density at radius 1 is 0.939 bits per heavy atom. The van der Waals surface area contributed by atoms with Crippen LogP contribution in [-0.2, 0) is 35.0 Å². The number of esters is 1. The van der Waals surface area contributed by atoms with Gasteiger partial charge in [0.2, 0.25) is 11.7 Å². The smallest absolute Gasteiger partial charge is 0.321 e. The number of ketones is 3. The molecule has 0 radical (unpaired) electrons. The van der Waals surface area contributed by atoms with Crippen molar-refractivity contribution in [1.82, 2.24) is 10.6 Å². The minimum atomic E-state index is -2.41. The number of Topliss-reactive ketones (excluding diaryl/α,β-unsaturated/α-hetero) is 1. The number of benzene rings is 2. The van der Waals surface area contributed by atoms with E-state index in [1.54, 1.807) is 13.0 Å². The number of allylic oxidation sites excluding steroid dienone is 11. The molecular formula is C62H63N5O15. The Balaban J connectivity index is 0.910. The van der Waals surface area contributed by atoms with E-state index >= 15 is 0 Å². The van der Waals surface area contributed by atoms with Gasteiger partial charge < -0.3 is 60.2 Å². The number of aliphatic imine (C=N–C) groups is 3. The number of hydrogen-bond acceptors (Lipinski definition) is 19. The SMILES string of the molecule is C=CC1=C(C)C2=NC1=CC1=NC(=CC3=C(C)C4=C(O)C(C(=O)OC)C(=C5NC(=C2)[C@@H](C)[C@@H]5CCC(=O)N[C@@H]2C[C@@H](O[C@H]5C[C@](O)(C(=O)CO)Cc6c(O)c7c(c(O)c65)C(=O)c5c(OC)cccc5C7=O)O[C@H](C)[C@@H]2O)C4=N3)C(CC)=C1C. The molecule has 8 N–H and O–H groups in total. The third kappa shape index (κ3) is 8.60. The van der Waals surface area contributed by atoms with Crippen molar-refractivity contribution in [1.29, 1.82) is 0 Å². The molecule has 2 fully saturated rings. The summed E-state index contributed by atoms with van der Waals surface area (Å²) >= 11 is 0. The fourth-order valence-corrected chi connectivity index (χ4v) is 13.2. The standard InChI is InChI=1S/C62H63N5O15/c1-10-29-24(3)34-17-36-26(5)31(53(66-36)49-52(61(77)80-9)58(74)46-27(6)37(67-54(46)49)19-39-30(11-2)25(4)35(64-39)18-38(29)63-34)15-16-44(70)65-40-20-45(81-28(7)55(40)71)82-42-22-62(78,43(69)23-68)21-33-48(42)60(76)51-50(57(33)73)56(72)32-13-12-14-41(79-8)47(32)59(51)75/h10,12-14,17-19,26,28,31,40,42,45,52,55,66,68,71,73-74,76,78H,1,11,15-16,20-23H2,2-9H3,(H,65,70)/t26-,28+,31-,40+,42-,45+,52?,55-,62-/m0/s1. The number of carbonyl (C=O) groups is 5. The third-order valence-electron chi connectivity index (χ3n) is 17.7. The summed E-state index contributed by atoms with van der Waals surface area (Å²) in [5.74, 6) is -7.73. The summed E-state index contributed by atoms with van der Waals surface area (Å²) in [7, 11) is 2.55. The number of aliphatic hydroxyl groups is 4. The molecule has 3 aliphatic carbocycles. The number of ether oxygens (including phenoxy) is 4. The molecule has 6 aliphatic heterocycles. The maximum atomic E-state index is 14.4. The van der Waals surface area contributed by atoms with Crippen molar-refractivity contribution < 1.29 is 73.6 Å². The van der Waals surface area contributed by atoms with Gasteiger partial charge in [-0.1, -0.05) is 38.6 Å². The van der Waals surface area contributed by atoms with Crippen LogP contribution in [0.15, 0.2) is 137 Å². The normalized spacial score (nSPS) is 28.0. The lowest BCUT2D eigenvalue weighted by molar-refractivity contribution is -0.249. The van der Waals surface area contributed by atoms with Gasteiger partial charge in [-0.05, 0) is 87.1 Å². The van der Waals surface area contributed by atoms with Crippen molar-refractivity contribution in [3.05, 3.63) is 156 Å². The van der Waals surface area contributed by atoms with E-state index in [2.05, 4.69) is 24.1 Å². The highest BCUT2D eigenvalue weighted by molar-refractivity contribution is 6.31. The minimum Gasteiger partial charge on any atom is -0.510 e. The predicted molar refractivity (Wildman–Crippen MR) is 298 cm³/mol. The van der Waals surface area contributed by atoms with Gasteiger partial charge in [-0.2, -0.15) is 0 Å². The highest BCUT2D eigenvalue weighted by atomic mass is 16.7. The first kappa shape index (κ1) is 55.8. The number of phenols is 2. The number of carbonyl (C=O) groups excluding carboxylic acids is 5. The van der Waals surface area contributed by atoms with E-state index in [9.17, 15) is 54.6 Å². The third-order valence-corrected chi connectivity index (χ3v) is 17.7. The maximum absolute atomic E-state index is 14.4. The van der Waals surface area contributed by atoms with Crippen LogP contribution in [0.2, 0.25) is 0 Å². The number of hydrogen-bond donors (Lipinski definition) is 8. The number of rotatable bonds is 12. The van der Waals surface area contributed by atoms with Gasteiger partial charge in [0.25, 0.3) is 0 Å². The van der Waals surface area contributed by atoms with Gasteiger partial charge in [0.05, 0.1) is 83.4 Å². The molecule has 8 bridgehead atoms. The molecule has 20 heteroatoms. The molecule has 2 saturated heterocycles. The Bertz CT molecular complexity index is 3690. The number of nitrogens with one attached hydrogen (secondary N) is 2.